The maximum atomic E-state index is 13.3. The zero-order chi connectivity index (χ0) is 23.6. The third-order valence-corrected chi connectivity index (χ3v) is 6.02. The van der Waals surface area contributed by atoms with Crippen LogP contribution in [-0.4, -0.2) is 38.2 Å². The summed E-state index contributed by atoms with van der Waals surface area (Å²) in [7, 11) is 0. The Morgan fingerprint density at radius 3 is 2.59 bits per heavy atom. The molecule has 1 aromatic rings. The van der Waals surface area contributed by atoms with Gasteiger partial charge in [-0.1, -0.05) is 50.2 Å². The van der Waals surface area contributed by atoms with Crippen LogP contribution in [0.3, 0.4) is 0 Å². The minimum absolute atomic E-state index is 0.0172. The van der Waals surface area contributed by atoms with Crippen LogP contribution in [0.5, 0.6) is 5.75 Å². The number of amides is 1. The van der Waals surface area contributed by atoms with E-state index in [0.29, 0.717) is 22.5 Å². The van der Waals surface area contributed by atoms with Crippen LogP contribution < -0.4 is 16.2 Å². The number of aliphatic carboxylic acids is 1. The van der Waals surface area contributed by atoms with Crippen LogP contribution in [0, 0.1) is 0 Å². The summed E-state index contributed by atoms with van der Waals surface area (Å²) in [5, 5.41) is 24.7. The van der Waals surface area contributed by atoms with Crippen molar-refractivity contribution in [2.24, 2.45) is 0 Å². The first-order valence-corrected chi connectivity index (χ1v) is 10.5. The van der Waals surface area contributed by atoms with Crippen LogP contribution in [0.25, 0.3) is 0 Å². The minimum atomic E-state index is -1.26. The number of nitrogens with one attached hydrogen (secondary N) is 2. The average molecular weight is 456 g/mol. The van der Waals surface area contributed by atoms with Gasteiger partial charge in [-0.3, -0.25) is 14.4 Å². The van der Waals surface area contributed by atoms with Gasteiger partial charge in [0.05, 0.1) is 11.5 Å². The lowest BCUT2D eigenvalue weighted by Gasteiger charge is -2.24. The molecule has 3 rings (SSSR count). The van der Waals surface area contributed by atoms with Crippen molar-refractivity contribution in [1.82, 2.24) is 15.2 Å². The summed E-state index contributed by atoms with van der Waals surface area (Å²) < 4.78 is 1.42. The Labute approximate surface area is 190 Å². The van der Waals surface area contributed by atoms with Gasteiger partial charge in [-0.15, -0.1) is 0 Å². The fourth-order valence-corrected chi connectivity index (χ4v) is 4.66. The van der Waals surface area contributed by atoms with Crippen molar-refractivity contribution >= 4 is 29.1 Å². The van der Waals surface area contributed by atoms with Crippen LogP contribution in [-0.2, 0) is 11.3 Å². The van der Waals surface area contributed by atoms with Gasteiger partial charge in [-0.25, -0.2) is 0 Å². The van der Waals surface area contributed by atoms with Crippen LogP contribution in [0.1, 0.15) is 52.7 Å². The predicted octanol–water partition coefficient (Wildman–Crippen LogP) is 2.46. The van der Waals surface area contributed by atoms with E-state index >= 15 is 0 Å². The Bertz CT molecular complexity index is 1130. The zero-order valence-electron chi connectivity index (χ0n) is 17.5. The molecular weight excluding hydrogens is 430 g/mol. The van der Waals surface area contributed by atoms with Gasteiger partial charge < -0.3 is 25.4 Å². The number of aromatic nitrogens is 1. The van der Waals surface area contributed by atoms with Crippen molar-refractivity contribution in [2.45, 2.75) is 37.6 Å². The number of fused-ring (bicyclic) bond motifs is 5. The SMILES string of the molecule is C=C/C=C\C(=C)C(=C)NC(=S)Cn1c2c(c(O)c(C(=O)NCC(=O)O)c1=O)C1CCC2C1. The van der Waals surface area contributed by atoms with Gasteiger partial charge >= 0.3 is 5.97 Å². The fraction of sp³-hybridized carbons (Fsp3) is 0.304. The van der Waals surface area contributed by atoms with E-state index in [1.165, 1.54) is 4.57 Å². The number of thiocarbonyl (C=S) groups is 1. The summed E-state index contributed by atoms with van der Waals surface area (Å²) in [6.07, 6.45) is 7.54. The molecule has 2 atom stereocenters. The number of carbonyl (C=O) groups is 2. The molecule has 1 aromatic heterocycles. The number of nitrogens with zero attached hydrogens (tertiary/aromatic N) is 1. The lowest BCUT2D eigenvalue weighted by atomic mass is 9.92. The monoisotopic (exact) mass is 455 g/mol. The van der Waals surface area contributed by atoms with Gasteiger partial charge in [0.2, 0.25) is 0 Å². The number of carboxylic acid groups (broad SMARTS) is 1. The summed E-state index contributed by atoms with van der Waals surface area (Å²) in [6, 6.07) is 0. The standard InChI is InChI=1S/C23H25N3O5S/c1-4-5-6-12(2)13(3)25-16(32)11-26-20-15-8-7-14(9-15)18(20)21(29)19(23(26)31)22(30)24-10-17(27)28/h4-6,14-15,29H,1-3,7-11H2,(H,24,30)(H,25,32)(H,27,28)/b6-5-. The van der Waals surface area contributed by atoms with E-state index in [2.05, 4.69) is 30.4 Å². The molecule has 0 aromatic carbocycles. The molecule has 2 aliphatic rings. The lowest BCUT2D eigenvalue weighted by Crippen LogP contribution is -2.39. The number of carboxylic acids is 1. The van der Waals surface area contributed by atoms with Crippen molar-refractivity contribution in [3.05, 3.63) is 76.4 Å². The molecule has 0 saturated heterocycles. The molecule has 32 heavy (non-hydrogen) atoms. The van der Waals surface area contributed by atoms with E-state index in [1.807, 2.05) is 0 Å². The van der Waals surface area contributed by atoms with Gasteiger partial charge in [0.25, 0.3) is 11.5 Å². The predicted molar refractivity (Wildman–Crippen MR) is 125 cm³/mol. The molecule has 0 spiro atoms. The summed E-state index contributed by atoms with van der Waals surface area (Å²) in [4.78, 5) is 36.9. The van der Waals surface area contributed by atoms with Crippen LogP contribution in [0.15, 0.2) is 54.0 Å². The summed E-state index contributed by atoms with van der Waals surface area (Å²) in [5.41, 5.74) is 1.15. The number of carbonyl (C=O) groups excluding carboxylic acids is 1. The number of hydrogen-bond donors (Lipinski definition) is 4. The Morgan fingerprint density at radius 2 is 1.94 bits per heavy atom. The molecular formula is C23H25N3O5S. The number of rotatable bonds is 9. The smallest absolute Gasteiger partial charge is 0.322 e. The van der Waals surface area contributed by atoms with Crippen molar-refractivity contribution in [3.63, 3.8) is 0 Å². The van der Waals surface area contributed by atoms with E-state index < -0.39 is 29.5 Å². The quantitative estimate of drug-likeness (QED) is 0.333. The third kappa shape index (κ3) is 4.43. The molecule has 1 fully saturated rings. The maximum Gasteiger partial charge on any atom is 0.322 e. The first-order chi connectivity index (χ1) is 15.1. The van der Waals surface area contributed by atoms with Gasteiger partial charge in [0, 0.05) is 22.9 Å². The second kappa shape index (κ2) is 9.35. The van der Waals surface area contributed by atoms with E-state index in [0.717, 1.165) is 19.3 Å². The second-order valence-electron chi connectivity index (χ2n) is 7.84. The molecule has 0 radical (unpaired) electrons. The molecule has 1 heterocycles. The first-order valence-electron chi connectivity index (χ1n) is 10.1. The van der Waals surface area contributed by atoms with Crippen LogP contribution >= 0.6 is 12.2 Å². The molecule has 9 heteroatoms. The molecule has 8 nitrogen and oxygen atoms in total. The van der Waals surface area contributed by atoms with Gasteiger partial charge in [-0.2, -0.15) is 0 Å². The van der Waals surface area contributed by atoms with E-state index in [-0.39, 0.29) is 29.1 Å². The summed E-state index contributed by atoms with van der Waals surface area (Å²) >= 11 is 5.43. The van der Waals surface area contributed by atoms with Crippen molar-refractivity contribution in [2.75, 3.05) is 6.54 Å². The molecule has 1 saturated carbocycles. The van der Waals surface area contributed by atoms with Crippen molar-refractivity contribution < 1.29 is 19.8 Å². The molecule has 2 bridgehead atoms. The first kappa shape index (κ1) is 23.2. The molecule has 4 N–H and O–H groups in total. The molecule has 168 valence electrons. The molecule has 1 amide bonds. The topological polar surface area (TPSA) is 121 Å². The minimum Gasteiger partial charge on any atom is -0.507 e. The van der Waals surface area contributed by atoms with E-state index in [9.17, 15) is 19.5 Å². The molecule has 0 aliphatic heterocycles. The summed E-state index contributed by atoms with van der Waals surface area (Å²) in [5.74, 6) is -2.40. The second-order valence-corrected chi connectivity index (χ2v) is 8.34. The van der Waals surface area contributed by atoms with Crippen molar-refractivity contribution in [3.8, 4) is 5.75 Å². The van der Waals surface area contributed by atoms with Crippen molar-refractivity contribution in [1.29, 1.82) is 0 Å². The van der Waals surface area contributed by atoms with Gasteiger partial charge in [-0.05, 0) is 30.8 Å². The fourth-order valence-electron chi connectivity index (χ4n) is 4.40. The van der Waals surface area contributed by atoms with Gasteiger partial charge in [0.1, 0.15) is 17.9 Å². The lowest BCUT2D eigenvalue weighted by molar-refractivity contribution is -0.135. The number of pyridine rings is 1. The Morgan fingerprint density at radius 1 is 1.25 bits per heavy atom. The number of allylic oxidation sites excluding steroid dienone is 3. The van der Waals surface area contributed by atoms with Crippen LogP contribution in [0.2, 0.25) is 0 Å². The Hall–Kier alpha value is -3.46. The normalized spacial score (nSPS) is 18.2. The highest BCUT2D eigenvalue weighted by atomic mass is 32.1. The van der Waals surface area contributed by atoms with E-state index in [1.54, 1.807) is 18.2 Å². The average Bonchev–Trinajstić information content (AvgIpc) is 3.35. The Balaban J connectivity index is 1.96. The zero-order valence-corrected chi connectivity index (χ0v) is 18.3. The number of aromatic hydroxyl groups is 1. The highest BCUT2D eigenvalue weighted by Crippen LogP contribution is 2.55. The largest absolute Gasteiger partial charge is 0.507 e. The van der Waals surface area contributed by atoms with E-state index in [4.69, 9.17) is 17.3 Å². The Kier molecular flexibility index (Phi) is 6.78. The van der Waals surface area contributed by atoms with Crippen LogP contribution in [0.4, 0.5) is 0 Å². The number of hydrogen-bond acceptors (Lipinski definition) is 5. The molecule has 2 aliphatic carbocycles. The third-order valence-electron chi connectivity index (χ3n) is 5.79. The maximum absolute atomic E-state index is 13.3. The highest BCUT2D eigenvalue weighted by molar-refractivity contribution is 7.80. The summed E-state index contributed by atoms with van der Waals surface area (Å²) in [6.45, 7) is 10.7. The van der Waals surface area contributed by atoms with Gasteiger partial charge in [0.15, 0.2) is 0 Å². The molecule has 2 unspecified atom stereocenters. The highest BCUT2D eigenvalue weighted by Gasteiger charge is 2.43.